The van der Waals surface area contributed by atoms with Crippen molar-refractivity contribution in [2.75, 3.05) is 18.9 Å². The van der Waals surface area contributed by atoms with Crippen molar-refractivity contribution in [2.24, 2.45) is 0 Å². The molecule has 2 N–H and O–H groups in total. The zero-order valence-corrected chi connectivity index (χ0v) is 12.1. The molecule has 0 aliphatic heterocycles. The second-order valence-electron chi connectivity index (χ2n) is 5.56. The Hall–Kier alpha value is -1.39. The summed E-state index contributed by atoms with van der Waals surface area (Å²) in [5.41, 5.74) is 0.831. The molecule has 0 aromatic heterocycles. The van der Waals surface area contributed by atoms with Crippen LogP contribution in [0.3, 0.4) is 0 Å². The molecule has 0 saturated heterocycles. The predicted octanol–water partition coefficient (Wildman–Crippen LogP) is 2.25. The van der Waals surface area contributed by atoms with E-state index in [0.717, 1.165) is 24.9 Å². The van der Waals surface area contributed by atoms with Gasteiger partial charge in [0, 0.05) is 24.7 Å². The normalized spacial score (nSPS) is 22.8. The Balaban J connectivity index is 1.75. The molecule has 2 rings (SSSR count). The summed E-state index contributed by atoms with van der Waals surface area (Å²) in [6, 6.07) is 9.70. The van der Waals surface area contributed by atoms with E-state index in [1.807, 2.05) is 37.4 Å². The lowest BCUT2D eigenvalue weighted by molar-refractivity contribution is -0.116. The minimum absolute atomic E-state index is 0.0216. The number of nitrogens with one attached hydrogen (secondary N) is 1. The zero-order chi connectivity index (χ0) is 14.4. The number of aliphatic hydroxyl groups excluding tert-OH is 1. The number of benzene rings is 1. The van der Waals surface area contributed by atoms with Gasteiger partial charge in [0.25, 0.3) is 0 Å². The highest BCUT2D eigenvalue weighted by Gasteiger charge is 2.26. The minimum Gasteiger partial charge on any atom is -0.391 e. The summed E-state index contributed by atoms with van der Waals surface area (Å²) in [5.74, 6) is 0.0216. The quantitative estimate of drug-likeness (QED) is 0.867. The molecule has 0 bridgehead atoms. The van der Waals surface area contributed by atoms with Gasteiger partial charge in [-0.15, -0.1) is 0 Å². The molecule has 1 fully saturated rings. The van der Waals surface area contributed by atoms with Gasteiger partial charge in [0.2, 0.25) is 5.91 Å². The average Bonchev–Trinajstić information content (AvgIpc) is 2.46. The maximum absolute atomic E-state index is 11.9. The number of aliphatic hydroxyl groups is 1. The lowest BCUT2D eigenvalue weighted by Gasteiger charge is -2.35. The molecular weight excluding hydrogens is 252 g/mol. The van der Waals surface area contributed by atoms with E-state index in [0.29, 0.717) is 13.0 Å². The summed E-state index contributed by atoms with van der Waals surface area (Å²) in [6.45, 7) is 0.681. The van der Waals surface area contributed by atoms with Crippen LogP contribution in [0.2, 0.25) is 0 Å². The number of amides is 1. The molecule has 1 aliphatic carbocycles. The van der Waals surface area contributed by atoms with Crippen LogP contribution in [0, 0.1) is 0 Å². The van der Waals surface area contributed by atoms with E-state index in [1.165, 1.54) is 6.42 Å². The molecule has 1 amide bonds. The fraction of sp³-hybridized carbons (Fsp3) is 0.562. The first-order valence-corrected chi connectivity index (χ1v) is 7.40. The van der Waals surface area contributed by atoms with Crippen LogP contribution >= 0.6 is 0 Å². The van der Waals surface area contributed by atoms with E-state index in [-0.39, 0.29) is 18.1 Å². The van der Waals surface area contributed by atoms with Crippen LogP contribution in [-0.4, -0.2) is 41.7 Å². The van der Waals surface area contributed by atoms with Crippen LogP contribution < -0.4 is 5.32 Å². The van der Waals surface area contributed by atoms with Crippen molar-refractivity contribution >= 4 is 11.6 Å². The van der Waals surface area contributed by atoms with Crippen molar-refractivity contribution in [1.82, 2.24) is 4.90 Å². The first kappa shape index (κ1) is 15.0. The molecule has 1 aromatic carbocycles. The third-order valence-corrected chi connectivity index (χ3v) is 4.01. The van der Waals surface area contributed by atoms with Gasteiger partial charge in [0.1, 0.15) is 0 Å². The fourth-order valence-electron chi connectivity index (χ4n) is 2.79. The largest absolute Gasteiger partial charge is 0.391 e. The van der Waals surface area contributed by atoms with E-state index in [9.17, 15) is 9.90 Å². The van der Waals surface area contributed by atoms with Crippen LogP contribution in [-0.2, 0) is 4.79 Å². The molecule has 2 unspecified atom stereocenters. The Morgan fingerprint density at radius 2 is 2.00 bits per heavy atom. The Bertz CT molecular complexity index is 422. The second kappa shape index (κ2) is 7.41. The highest BCUT2D eigenvalue weighted by atomic mass is 16.3. The number of anilines is 1. The number of para-hydroxylation sites is 1. The molecule has 0 heterocycles. The van der Waals surface area contributed by atoms with Gasteiger partial charge in [-0.05, 0) is 32.0 Å². The molecule has 4 nitrogen and oxygen atoms in total. The number of carbonyl (C=O) groups excluding carboxylic acids is 1. The summed E-state index contributed by atoms with van der Waals surface area (Å²) in [6.07, 6.45) is 4.39. The van der Waals surface area contributed by atoms with Crippen molar-refractivity contribution in [3.8, 4) is 0 Å². The SMILES string of the molecule is CN(CCC(=O)Nc1ccccc1)C1CCCCC1O. The van der Waals surface area contributed by atoms with Crippen molar-refractivity contribution in [3.05, 3.63) is 30.3 Å². The zero-order valence-electron chi connectivity index (χ0n) is 12.1. The van der Waals surface area contributed by atoms with Crippen molar-refractivity contribution < 1.29 is 9.90 Å². The Morgan fingerprint density at radius 3 is 2.70 bits per heavy atom. The Morgan fingerprint density at radius 1 is 1.30 bits per heavy atom. The number of rotatable bonds is 5. The number of carbonyl (C=O) groups is 1. The van der Waals surface area contributed by atoms with Gasteiger partial charge >= 0.3 is 0 Å². The Labute approximate surface area is 120 Å². The number of hydrogen-bond donors (Lipinski definition) is 2. The Kier molecular flexibility index (Phi) is 5.56. The summed E-state index contributed by atoms with van der Waals surface area (Å²) in [7, 11) is 2.00. The maximum Gasteiger partial charge on any atom is 0.225 e. The van der Waals surface area contributed by atoms with Crippen molar-refractivity contribution in [3.63, 3.8) is 0 Å². The van der Waals surface area contributed by atoms with E-state index >= 15 is 0 Å². The molecule has 0 spiro atoms. The van der Waals surface area contributed by atoms with Gasteiger partial charge in [-0.3, -0.25) is 4.79 Å². The van der Waals surface area contributed by atoms with E-state index in [1.54, 1.807) is 0 Å². The first-order valence-electron chi connectivity index (χ1n) is 7.40. The van der Waals surface area contributed by atoms with Gasteiger partial charge in [0.15, 0.2) is 0 Å². The fourth-order valence-corrected chi connectivity index (χ4v) is 2.79. The summed E-state index contributed by atoms with van der Waals surface area (Å²) >= 11 is 0. The van der Waals surface area contributed by atoms with E-state index in [2.05, 4.69) is 10.2 Å². The molecule has 1 aliphatic rings. The third-order valence-electron chi connectivity index (χ3n) is 4.01. The maximum atomic E-state index is 11.9. The van der Waals surface area contributed by atoms with Crippen LogP contribution in [0.4, 0.5) is 5.69 Å². The molecule has 0 radical (unpaired) electrons. The lowest BCUT2D eigenvalue weighted by Crippen LogP contribution is -2.44. The van der Waals surface area contributed by atoms with Gasteiger partial charge in [-0.25, -0.2) is 0 Å². The summed E-state index contributed by atoms with van der Waals surface area (Å²) in [4.78, 5) is 14.0. The van der Waals surface area contributed by atoms with E-state index < -0.39 is 0 Å². The second-order valence-corrected chi connectivity index (χ2v) is 5.56. The molecular formula is C16H24N2O2. The molecule has 2 atom stereocenters. The predicted molar refractivity (Wildman–Crippen MR) is 80.6 cm³/mol. The topological polar surface area (TPSA) is 52.6 Å². The lowest BCUT2D eigenvalue weighted by atomic mass is 9.91. The number of nitrogens with zero attached hydrogens (tertiary/aromatic N) is 1. The molecule has 110 valence electrons. The van der Waals surface area contributed by atoms with Gasteiger partial charge in [0.05, 0.1) is 6.10 Å². The number of likely N-dealkylation sites (N-methyl/N-ethyl adjacent to an activating group) is 1. The first-order chi connectivity index (χ1) is 9.66. The highest BCUT2D eigenvalue weighted by Crippen LogP contribution is 2.22. The monoisotopic (exact) mass is 276 g/mol. The smallest absolute Gasteiger partial charge is 0.225 e. The molecule has 4 heteroatoms. The summed E-state index contributed by atoms with van der Waals surface area (Å²) < 4.78 is 0. The van der Waals surface area contributed by atoms with E-state index in [4.69, 9.17) is 0 Å². The number of hydrogen-bond acceptors (Lipinski definition) is 3. The van der Waals surface area contributed by atoms with Crippen molar-refractivity contribution in [2.45, 2.75) is 44.2 Å². The minimum atomic E-state index is -0.245. The standard InChI is InChI=1S/C16H24N2O2/c1-18(14-9-5-6-10-15(14)19)12-11-16(20)17-13-7-3-2-4-8-13/h2-4,7-8,14-15,19H,5-6,9-12H2,1H3,(H,17,20). The molecule has 1 saturated carbocycles. The van der Waals surface area contributed by atoms with Gasteiger partial charge in [-0.2, -0.15) is 0 Å². The van der Waals surface area contributed by atoms with Crippen LogP contribution in [0.1, 0.15) is 32.1 Å². The van der Waals surface area contributed by atoms with Crippen LogP contribution in [0.15, 0.2) is 30.3 Å². The average molecular weight is 276 g/mol. The summed E-state index contributed by atoms with van der Waals surface area (Å²) in [5, 5.41) is 12.9. The van der Waals surface area contributed by atoms with Crippen molar-refractivity contribution in [1.29, 1.82) is 0 Å². The highest BCUT2D eigenvalue weighted by molar-refractivity contribution is 5.90. The molecule has 20 heavy (non-hydrogen) atoms. The molecule has 1 aromatic rings. The van der Waals surface area contributed by atoms with Crippen LogP contribution in [0.5, 0.6) is 0 Å². The van der Waals surface area contributed by atoms with Gasteiger partial charge < -0.3 is 15.3 Å². The van der Waals surface area contributed by atoms with Crippen LogP contribution in [0.25, 0.3) is 0 Å². The third kappa shape index (κ3) is 4.32. The van der Waals surface area contributed by atoms with Gasteiger partial charge in [-0.1, -0.05) is 31.0 Å².